The van der Waals surface area contributed by atoms with Gasteiger partial charge in [-0.3, -0.25) is 4.79 Å². The molecule has 1 amide bonds. The van der Waals surface area contributed by atoms with Crippen LogP contribution in [0.2, 0.25) is 5.02 Å². The Hall–Kier alpha value is -4.53. The summed E-state index contributed by atoms with van der Waals surface area (Å²) < 4.78 is 11.9. The summed E-state index contributed by atoms with van der Waals surface area (Å²) in [5.41, 5.74) is 6.69. The standard InChI is InChI=1S/C33H29ClN2O3/c1-22-4-7-25(8-5-22)20-38-31-13-11-30(12-14-31)36-33(37)28(19-35)17-27-18-29(34)10-15-32(27)39-21-26-9-6-23(2)24(3)16-26/h4-18H,20-21H2,1-3H3,(H,36,37)/b28-17+. The second-order valence-electron chi connectivity index (χ2n) is 9.31. The summed E-state index contributed by atoms with van der Waals surface area (Å²) in [4.78, 5) is 12.9. The number of ether oxygens (including phenoxy) is 2. The first-order chi connectivity index (χ1) is 18.8. The lowest BCUT2D eigenvalue weighted by Gasteiger charge is -2.12. The summed E-state index contributed by atoms with van der Waals surface area (Å²) in [7, 11) is 0. The number of hydrogen-bond acceptors (Lipinski definition) is 4. The van der Waals surface area contributed by atoms with E-state index in [1.807, 2.05) is 43.3 Å². The highest BCUT2D eigenvalue weighted by molar-refractivity contribution is 6.30. The van der Waals surface area contributed by atoms with E-state index in [-0.39, 0.29) is 5.57 Å². The molecule has 0 atom stereocenters. The smallest absolute Gasteiger partial charge is 0.266 e. The van der Waals surface area contributed by atoms with Crippen LogP contribution in [0.15, 0.2) is 90.5 Å². The lowest BCUT2D eigenvalue weighted by atomic mass is 10.1. The van der Waals surface area contributed by atoms with E-state index in [9.17, 15) is 10.1 Å². The third-order valence-electron chi connectivity index (χ3n) is 6.24. The van der Waals surface area contributed by atoms with Gasteiger partial charge in [0.05, 0.1) is 0 Å². The third-order valence-corrected chi connectivity index (χ3v) is 6.48. The van der Waals surface area contributed by atoms with Gasteiger partial charge in [0.1, 0.15) is 36.4 Å². The minimum Gasteiger partial charge on any atom is -0.489 e. The Balaban J connectivity index is 1.42. The highest BCUT2D eigenvalue weighted by Crippen LogP contribution is 2.27. The molecule has 0 radical (unpaired) electrons. The van der Waals surface area contributed by atoms with Crippen molar-refractivity contribution in [1.82, 2.24) is 0 Å². The van der Waals surface area contributed by atoms with E-state index < -0.39 is 5.91 Å². The molecule has 0 saturated heterocycles. The SMILES string of the molecule is Cc1ccc(COc2ccc(NC(=O)/C(C#N)=C/c3cc(Cl)ccc3OCc3ccc(C)c(C)c3)cc2)cc1. The molecule has 4 aromatic carbocycles. The molecule has 0 fully saturated rings. The third kappa shape index (κ3) is 7.73. The van der Waals surface area contributed by atoms with Crippen LogP contribution in [0.25, 0.3) is 6.08 Å². The normalized spacial score (nSPS) is 11.0. The van der Waals surface area contributed by atoms with Crippen molar-refractivity contribution in [2.24, 2.45) is 0 Å². The maximum atomic E-state index is 12.9. The van der Waals surface area contributed by atoms with Crippen LogP contribution in [0.4, 0.5) is 5.69 Å². The van der Waals surface area contributed by atoms with Crippen LogP contribution in [0, 0.1) is 32.1 Å². The van der Waals surface area contributed by atoms with Crippen molar-refractivity contribution in [3.05, 3.63) is 129 Å². The van der Waals surface area contributed by atoms with Gasteiger partial charge in [0.25, 0.3) is 5.91 Å². The predicted octanol–water partition coefficient (Wildman–Crippen LogP) is 7.97. The van der Waals surface area contributed by atoms with E-state index in [2.05, 4.69) is 31.3 Å². The number of halogens is 1. The maximum Gasteiger partial charge on any atom is 0.266 e. The summed E-state index contributed by atoms with van der Waals surface area (Å²) in [6, 6.07) is 28.4. The molecule has 0 saturated carbocycles. The zero-order valence-electron chi connectivity index (χ0n) is 22.1. The van der Waals surface area contributed by atoms with Crippen LogP contribution in [0.5, 0.6) is 11.5 Å². The molecule has 0 heterocycles. The monoisotopic (exact) mass is 536 g/mol. The van der Waals surface area contributed by atoms with Crippen LogP contribution in [0.3, 0.4) is 0 Å². The number of rotatable bonds is 9. The molecule has 1 N–H and O–H groups in total. The Morgan fingerprint density at radius 2 is 1.54 bits per heavy atom. The molecule has 39 heavy (non-hydrogen) atoms. The number of hydrogen-bond donors (Lipinski definition) is 1. The van der Waals surface area contributed by atoms with Gasteiger partial charge in [-0.05, 0) is 91.6 Å². The molecule has 4 aromatic rings. The average Bonchev–Trinajstić information content (AvgIpc) is 2.93. The zero-order valence-corrected chi connectivity index (χ0v) is 22.9. The van der Waals surface area contributed by atoms with Crippen LogP contribution in [0.1, 0.15) is 33.4 Å². The van der Waals surface area contributed by atoms with Gasteiger partial charge in [-0.2, -0.15) is 5.26 Å². The molecule has 0 bridgehead atoms. The molecule has 0 aromatic heterocycles. The largest absolute Gasteiger partial charge is 0.489 e. The zero-order chi connectivity index (χ0) is 27.8. The second kappa shape index (κ2) is 12.8. The van der Waals surface area contributed by atoms with Gasteiger partial charge in [-0.15, -0.1) is 0 Å². The fourth-order valence-corrected chi connectivity index (χ4v) is 3.99. The number of anilines is 1. The van der Waals surface area contributed by atoms with E-state index in [0.29, 0.717) is 41.0 Å². The van der Waals surface area contributed by atoms with Gasteiger partial charge in [0.15, 0.2) is 0 Å². The molecule has 4 rings (SSSR count). The van der Waals surface area contributed by atoms with Gasteiger partial charge in [0.2, 0.25) is 0 Å². The number of amides is 1. The topological polar surface area (TPSA) is 71.3 Å². The van der Waals surface area contributed by atoms with Gasteiger partial charge in [0, 0.05) is 16.3 Å². The molecule has 0 aliphatic carbocycles. The second-order valence-corrected chi connectivity index (χ2v) is 9.75. The molecule has 0 aliphatic heterocycles. The number of aryl methyl sites for hydroxylation is 3. The van der Waals surface area contributed by atoms with Crippen molar-refractivity contribution in [2.45, 2.75) is 34.0 Å². The lowest BCUT2D eigenvalue weighted by Crippen LogP contribution is -2.13. The Kier molecular flexibility index (Phi) is 9.04. The first-order valence-electron chi connectivity index (χ1n) is 12.5. The summed E-state index contributed by atoms with van der Waals surface area (Å²) in [6.07, 6.45) is 1.48. The highest BCUT2D eigenvalue weighted by atomic mass is 35.5. The molecule has 5 nitrogen and oxygen atoms in total. The minimum atomic E-state index is -0.536. The first kappa shape index (κ1) is 27.5. The van der Waals surface area contributed by atoms with E-state index in [0.717, 1.165) is 11.1 Å². The molecule has 6 heteroatoms. The number of carbonyl (C=O) groups excluding carboxylic acids is 1. The van der Waals surface area contributed by atoms with Crippen molar-refractivity contribution >= 4 is 29.3 Å². The van der Waals surface area contributed by atoms with Gasteiger partial charge >= 0.3 is 0 Å². The predicted molar refractivity (Wildman–Crippen MR) is 156 cm³/mol. The Bertz CT molecular complexity index is 1540. The Labute approximate surface area is 234 Å². The van der Waals surface area contributed by atoms with E-state index in [4.69, 9.17) is 21.1 Å². The Morgan fingerprint density at radius 3 is 2.23 bits per heavy atom. The van der Waals surface area contributed by atoms with Crippen molar-refractivity contribution in [3.8, 4) is 17.6 Å². The molecular weight excluding hydrogens is 508 g/mol. The molecule has 0 aliphatic rings. The first-order valence-corrected chi connectivity index (χ1v) is 12.9. The summed E-state index contributed by atoms with van der Waals surface area (Å²) in [6.45, 7) is 6.95. The van der Waals surface area contributed by atoms with Crippen LogP contribution < -0.4 is 14.8 Å². The molecular formula is C33H29ClN2O3. The van der Waals surface area contributed by atoms with Crippen LogP contribution >= 0.6 is 11.6 Å². The number of benzene rings is 4. The molecule has 0 unspecified atom stereocenters. The van der Waals surface area contributed by atoms with Crippen molar-refractivity contribution in [3.63, 3.8) is 0 Å². The molecule has 0 spiro atoms. The fraction of sp³-hybridized carbons (Fsp3) is 0.152. The van der Waals surface area contributed by atoms with Gasteiger partial charge in [-0.1, -0.05) is 59.6 Å². The minimum absolute atomic E-state index is 0.0759. The van der Waals surface area contributed by atoms with E-state index >= 15 is 0 Å². The summed E-state index contributed by atoms with van der Waals surface area (Å²) >= 11 is 6.21. The lowest BCUT2D eigenvalue weighted by molar-refractivity contribution is -0.112. The van der Waals surface area contributed by atoms with Crippen molar-refractivity contribution < 1.29 is 14.3 Å². The quantitative estimate of drug-likeness (QED) is 0.174. The average molecular weight is 537 g/mol. The maximum absolute atomic E-state index is 12.9. The van der Waals surface area contributed by atoms with E-state index in [1.54, 1.807) is 42.5 Å². The van der Waals surface area contributed by atoms with Crippen molar-refractivity contribution in [1.29, 1.82) is 5.26 Å². The number of nitrogens with zero attached hydrogens (tertiary/aromatic N) is 1. The fourth-order valence-electron chi connectivity index (χ4n) is 3.81. The molecule has 196 valence electrons. The van der Waals surface area contributed by atoms with Crippen molar-refractivity contribution in [2.75, 3.05) is 5.32 Å². The number of carbonyl (C=O) groups is 1. The summed E-state index contributed by atoms with van der Waals surface area (Å²) in [5.74, 6) is 0.660. The highest BCUT2D eigenvalue weighted by Gasteiger charge is 2.13. The Morgan fingerprint density at radius 1 is 0.846 bits per heavy atom. The van der Waals surface area contributed by atoms with Crippen LogP contribution in [-0.4, -0.2) is 5.91 Å². The van der Waals surface area contributed by atoms with Gasteiger partial charge in [-0.25, -0.2) is 0 Å². The number of nitrogens with one attached hydrogen (secondary N) is 1. The number of nitriles is 1. The van der Waals surface area contributed by atoms with Gasteiger partial charge < -0.3 is 14.8 Å². The van der Waals surface area contributed by atoms with E-state index in [1.165, 1.54) is 22.8 Å². The summed E-state index contributed by atoms with van der Waals surface area (Å²) in [5, 5.41) is 13.0. The van der Waals surface area contributed by atoms with Crippen LogP contribution in [-0.2, 0) is 18.0 Å².